The van der Waals surface area contributed by atoms with E-state index < -0.39 is 0 Å². The Morgan fingerprint density at radius 3 is 2.33 bits per heavy atom. The molecule has 0 unspecified atom stereocenters. The van der Waals surface area contributed by atoms with Gasteiger partial charge in [0, 0.05) is 19.0 Å². The first-order valence-electron chi connectivity index (χ1n) is 7.14. The van der Waals surface area contributed by atoms with Gasteiger partial charge in [-0.15, -0.1) is 0 Å². The van der Waals surface area contributed by atoms with Gasteiger partial charge in [0.1, 0.15) is 0 Å². The minimum Gasteiger partial charge on any atom is -0.466 e. The van der Waals surface area contributed by atoms with Crippen LogP contribution in [0.5, 0.6) is 0 Å². The lowest BCUT2D eigenvalue weighted by Crippen LogP contribution is -2.41. The molecule has 0 N–H and O–H groups in total. The van der Waals surface area contributed by atoms with E-state index in [9.17, 15) is 9.59 Å². The van der Waals surface area contributed by atoms with Gasteiger partial charge in [0.25, 0.3) is 0 Å². The van der Waals surface area contributed by atoms with Crippen molar-refractivity contribution in [1.82, 2.24) is 4.90 Å². The molecule has 0 radical (unpaired) electrons. The molecule has 0 spiro atoms. The predicted octanol–water partition coefficient (Wildman–Crippen LogP) is 2.51. The van der Waals surface area contributed by atoms with Gasteiger partial charge in [-0.1, -0.05) is 19.3 Å². The zero-order valence-corrected chi connectivity index (χ0v) is 11.6. The Morgan fingerprint density at radius 1 is 1.11 bits per heavy atom. The molecule has 0 atom stereocenters. The molecule has 0 aromatic rings. The van der Waals surface area contributed by atoms with E-state index in [2.05, 4.69) is 0 Å². The van der Waals surface area contributed by atoms with Crippen LogP contribution in [0, 0.1) is 0 Å². The average Bonchev–Trinajstić information content (AvgIpc) is 2.39. The minimum absolute atomic E-state index is 0.0949. The van der Waals surface area contributed by atoms with E-state index in [4.69, 9.17) is 4.74 Å². The molecule has 1 aliphatic carbocycles. The molecule has 0 bridgehead atoms. The average molecular weight is 255 g/mol. The monoisotopic (exact) mass is 255 g/mol. The maximum absolute atomic E-state index is 12.1. The first-order chi connectivity index (χ1) is 8.69. The second kappa shape index (κ2) is 8.11. The van der Waals surface area contributed by atoms with Gasteiger partial charge in [-0.25, -0.2) is 0 Å². The Labute approximate surface area is 110 Å². The Bertz CT molecular complexity index is 272. The fourth-order valence-corrected chi connectivity index (χ4v) is 2.62. The van der Waals surface area contributed by atoms with Crippen molar-refractivity contribution in [1.29, 1.82) is 0 Å². The Hall–Kier alpha value is -1.06. The summed E-state index contributed by atoms with van der Waals surface area (Å²) in [5.74, 6) is -0.178. The van der Waals surface area contributed by atoms with E-state index in [1.165, 1.54) is 19.3 Å². The van der Waals surface area contributed by atoms with Gasteiger partial charge in [0.15, 0.2) is 0 Å². The van der Waals surface area contributed by atoms with Gasteiger partial charge in [-0.2, -0.15) is 0 Å². The van der Waals surface area contributed by atoms with Crippen LogP contribution >= 0.6 is 0 Å². The molecule has 0 heterocycles. The predicted molar refractivity (Wildman–Crippen MR) is 70.1 cm³/mol. The fraction of sp³-hybridized carbons (Fsp3) is 0.857. The molecule has 1 saturated carbocycles. The molecule has 0 aromatic heterocycles. The molecule has 4 nitrogen and oxygen atoms in total. The highest BCUT2D eigenvalue weighted by Gasteiger charge is 2.24. The third kappa shape index (κ3) is 4.67. The van der Waals surface area contributed by atoms with Crippen LogP contribution < -0.4 is 0 Å². The van der Waals surface area contributed by atoms with Gasteiger partial charge in [0.2, 0.25) is 5.91 Å². The van der Waals surface area contributed by atoms with Crippen LogP contribution in [0.15, 0.2) is 0 Å². The topological polar surface area (TPSA) is 46.6 Å². The van der Waals surface area contributed by atoms with Gasteiger partial charge in [-0.05, 0) is 26.7 Å². The van der Waals surface area contributed by atoms with Gasteiger partial charge >= 0.3 is 5.97 Å². The molecule has 0 aromatic carbocycles. The lowest BCUT2D eigenvalue weighted by molar-refractivity contribution is -0.146. The SMILES string of the molecule is CCOC(=O)CCC(=O)N(CC)C1CCCCC1. The number of hydrogen-bond acceptors (Lipinski definition) is 3. The lowest BCUT2D eigenvalue weighted by Gasteiger charge is -2.33. The number of rotatable bonds is 6. The standard InChI is InChI=1S/C14H25NO3/c1-3-15(12-8-6-5-7-9-12)13(16)10-11-14(17)18-4-2/h12H,3-11H2,1-2H3. The highest BCUT2D eigenvalue weighted by molar-refractivity contribution is 5.81. The molecule has 1 rings (SSSR count). The van der Waals surface area contributed by atoms with E-state index in [1.807, 2.05) is 11.8 Å². The van der Waals surface area contributed by atoms with Crippen LogP contribution in [0.2, 0.25) is 0 Å². The van der Waals surface area contributed by atoms with Crippen LogP contribution in [0.4, 0.5) is 0 Å². The van der Waals surface area contributed by atoms with E-state index in [-0.39, 0.29) is 24.7 Å². The number of esters is 1. The molecular formula is C14H25NO3. The summed E-state index contributed by atoms with van der Waals surface area (Å²) < 4.78 is 4.84. The normalized spacial score (nSPS) is 16.3. The lowest BCUT2D eigenvalue weighted by atomic mass is 9.94. The zero-order valence-electron chi connectivity index (χ0n) is 11.6. The molecule has 0 saturated heterocycles. The number of ether oxygens (including phenoxy) is 1. The highest BCUT2D eigenvalue weighted by Crippen LogP contribution is 2.23. The summed E-state index contributed by atoms with van der Waals surface area (Å²) in [5, 5.41) is 0. The molecule has 4 heteroatoms. The fourth-order valence-electron chi connectivity index (χ4n) is 2.62. The van der Waals surface area contributed by atoms with Crippen LogP contribution in [0.1, 0.15) is 58.8 Å². The van der Waals surface area contributed by atoms with Crippen molar-refractivity contribution < 1.29 is 14.3 Å². The van der Waals surface area contributed by atoms with Crippen molar-refractivity contribution >= 4 is 11.9 Å². The van der Waals surface area contributed by atoms with Crippen molar-refractivity contribution in [2.24, 2.45) is 0 Å². The second-order valence-corrected chi connectivity index (χ2v) is 4.78. The van der Waals surface area contributed by atoms with Gasteiger partial charge < -0.3 is 9.64 Å². The summed E-state index contributed by atoms with van der Waals surface area (Å²) in [5.41, 5.74) is 0. The largest absolute Gasteiger partial charge is 0.466 e. The summed E-state index contributed by atoms with van der Waals surface area (Å²) in [4.78, 5) is 25.3. The van der Waals surface area contributed by atoms with Crippen molar-refractivity contribution in [3.63, 3.8) is 0 Å². The Kier molecular flexibility index (Phi) is 6.76. The summed E-state index contributed by atoms with van der Waals surface area (Å²) in [7, 11) is 0. The van der Waals surface area contributed by atoms with Crippen molar-refractivity contribution in [2.75, 3.05) is 13.2 Å². The summed E-state index contributed by atoms with van der Waals surface area (Å²) in [6, 6.07) is 0.387. The molecule has 104 valence electrons. The van der Waals surface area contributed by atoms with Crippen molar-refractivity contribution in [3.8, 4) is 0 Å². The Balaban J connectivity index is 2.38. The maximum atomic E-state index is 12.1. The summed E-state index contributed by atoms with van der Waals surface area (Å²) in [6.07, 6.45) is 6.42. The highest BCUT2D eigenvalue weighted by atomic mass is 16.5. The molecular weight excluding hydrogens is 230 g/mol. The number of amides is 1. The molecule has 0 aliphatic heterocycles. The van der Waals surface area contributed by atoms with E-state index >= 15 is 0 Å². The zero-order chi connectivity index (χ0) is 13.4. The molecule has 1 amide bonds. The molecule has 1 fully saturated rings. The Morgan fingerprint density at radius 2 is 1.78 bits per heavy atom. The third-order valence-electron chi connectivity index (χ3n) is 3.52. The van der Waals surface area contributed by atoms with Crippen LogP contribution in [-0.4, -0.2) is 36.0 Å². The van der Waals surface area contributed by atoms with Crippen LogP contribution in [0.3, 0.4) is 0 Å². The summed E-state index contributed by atoms with van der Waals surface area (Å²) in [6.45, 7) is 4.91. The first kappa shape index (κ1) is 15.0. The number of nitrogens with zero attached hydrogens (tertiary/aromatic N) is 1. The van der Waals surface area contributed by atoms with Crippen LogP contribution in [0.25, 0.3) is 0 Å². The van der Waals surface area contributed by atoms with Crippen molar-refractivity contribution in [2.45, 2.75) is 64.8 Å². The second-order valence-electron chi connectivity index (χ2n) is 4.78. The van der Waals surface area contributed by atoms with Gasteiger partial charge in [0.05, 0.1) is 13.0 Å². The minimum atomic E-state index is -0.273. The number of hydrogen-bond donors (Lipinski definition) is 0. The quantitative estimate of drug-likeness (QED) is 0.685. The first-order valence-corrected chi connectivity index (χ1v) is 7.14. The maximum Gasteiger partial charge on any atom is 0.306 e. The molecule has 1 aliphatic rings. The van der Waals surface area contributed by atoms with Gasteiger partial charge in [-0.3, -0.25) is 9.59 Å². The smallest absolute Gasteiger partial charge is 0.306 e. The van der Waals surface area contributed by atoms with Crippen LogP contribution in [-0.2, 0) is 14.3 Å². The van der Waals surface area contributed by atoms with Crippen molar-refractivity contribution in [3.05, 3.63) is 0 Å². The number of carbonyl (C=O) groups is 2. The number of carbonyl (C=O) groups excluding carboxylic acids is 2. The molecule has 18 heavy (non-hydrogen) atoms. The van der Waals surface area contributed by atoms with E-state index in [0.717, 1.165) is 19.4 Å². The third-order valence-corrected chi connectivity index (χ3v) is 3.52. The summed E-state index contributed by atoms with van der Waals surface area (Å²) >= 11 is 0. The van der Waals surface area contributed by atoms with E-state index in [0.29, 0.717) is 12.6 Å². The van der Waals surface area contributed by atoms with E-state index in [1.54, 1.807) is 6.92 Å².